The maximum atomic E-state index is 11.3. The molecule has 1 aliphatic heterocycles. The van der Waals surface area contributed by atoms with E-state index in [1.807, 2.05) is 4.90 Å². The first-order valence-corrected chi connectivity index (χ1v) is 7.92. The van der Waals surface area contributed by atoms with Crippen molar-refractivity contribution in [2.24, 2.45) is 0 Å². The zero-order valence-corrected chi connectivity index (χ0v) is 12.7. The van der Waals surface area contributed by atoms with Crippen molar-refractivity contribution < 1.29 is 9.90 Å². The van der Waals surface area contributed by atoms with Gasteiger partial charge in [-0.2, -0.15) is 0 Å². The Morgan fingerprint density at radius 3 is 2.48 bits per heavy atom. The molecule has 2 aliphatic rings. The van der Waals surface area contributed by atoms with Crippen molar-refractivity contribution >= 4 is 23.4 Å². The van der Waals surface area contributed by atoms with Gasteiger partial charge in [-0.1, -0.05) is 24.4 Å². The second-order valence-electron chi connectivity index (χ2n) is 5.77. The largest absolute Gasteiger partial charge is 0.478 e. The quantitative estimate of drug-likeness (QED) is 0.869. The van der Waals surface area contributed by atoms with Crippen LogP contribution >= 0.6 is 11.6 Å². The summed E-state index contributed by atoms with van der Waals surface area (Å²) >= 11 is 5.93. The van der Waals surface area contributed by atoms with Gasteiger partial charge in [0.1, 0.15) is 16.5 Å². The Labute approximate surface area is 129 Å². The highest BCUT2D eigenvalue weighted by Crippen LogP contribution is 2.27. The van der Waals surface area contributed by atoms with Crippen LogP contribution in [-0.4, -0.2) is 53.2 Å². The van der Waals surface area contributed by atoms with Crippen molar-refractivity contribution in [2.45, 2.75) is 31.7 Å². The highest BCUT2D eigenvalue weighted by atomic mass is 35.5. The Morgan fingerprint density at radius 1 is 1.19 bits per heavy atom. The minimum atomic E-state index is -0.951. The van der Waals surface area contributed by atoms with E-state index < -0.39 is 5.97 Å². The number of rotatable bonds is 3. The minimum absolute atomic E-state index is 0.230. The Kier molecular flexibility index (Phi) is 4.31. The molecule has 0 atom stereocenters. The third-order valence-corrected chi connectivity index (χ3v) is 4.74. The Balaban J connectivity index is 1.71. The van der Waals surface area contributed by atoms with Crippen LogP contribution in [0.5, 0.6) is 0 Å². The number of nitrogens with zero attached hydrogens (tertiary/aromatic N) is 3. The monoisotopic (exact) mass is 309 g/mol. The first kappa shape index (κ1) is 14.6. The molecule has 114 valence electrons. The van der Waals surface area contributed by atoms with Crippen LogP contribution in [0, 0.1) is 0 Å². The molecule has 0 bridgehead atoms. The van der Waals surface area contributed by atoms with E-state index in [-0.39, 0.29) is 5.56 Å². The molecule has 0 amide bonds. The average Bonchev–Trinajstić information content (AvgIpc) is 3.01. The van der Waals surface area contributed by atoms with Gasteiger partial charge >= 0.3 is 5.97 Å². The first-order valence-electron chi connectivity index (χ1n) is 7.54. The van der Waals surface area contributed by atoms with E-state index in [9.17, 15) is 9.90 Å². The summed E-state index contributed by atoms with van der Waals surface area (Å²) in [6.07, 6.45) is 5.28. The number of halogens is 1. The van der Waals surface area contributed by atoms with Crippen molar-refractivity contribution in [2.75, 3.05) is 31.1 Å². The predicted molar refractivity (Wildman–Crippen MR) is 82.2 cm³/mol. The summed E-state index contributed by atoms with van der Waals surface area (Å²) in [6.45, 7) is 3.56. The van der Waals surface area contributed by atoms with Crippen LogP contribution in [0.4, 0.5) is 5.82 Å². The molecule has 1 N–H and O–H groups in total. The summed E-state index contributed by atoms with van der Waals surface area (Å²) < 4.78 is 0. The number of pyridine rings is 1. The maximum Gasteiger partial charge on any atom is 0.339 e. The molecular formula is C15H20ClN3O2. The van der Waals surface area contributed by atoms with Crippen molar-refractivity contribution in [1.82, 2.24) is 9.88 Å². The zero-order chi connectivity index (χ0) is 14.8. The van der Waals surface area contributed by atoms with Gasteiger partial charge in [0.05, 0.1) is 0 Å². The van der Waals surface area contributed by atoms with E-state index in [0.29, 0.717) is 11.0 Å². The Bertz CT molecular complexity index is 524. The van der Waals surface area contributed by atoms with E-state index in [1.165, 1.54) is 37.8 Å². The molecule has 1 aliphatic carbocycles. The summed E-state index contributed by atoms with van der Waals surface area (Å²) in [4.78, 5) is 20.1. The molecule has 2 heterocycles. The van der Waals surface area contributed by atoms with E-state index in [2.05, 4.69) is 9.88 Å². The smallest absolute Gasteiger partial charge is 0.339 e. The van der Waals surface area contributed by atoms with E-state index in [1.54, 1.807) is 0 Å². The molecule has 1 saturated carbocycles. The summed E-state index contributed by atoms with van der Waals surface area (Å²) in [5.74, 6) is -0.450. The standard InChI is InChI=1S/C15H20ClN3O2/c16-13-6-5-12(15(20)21)14(17-13)19-9-7-18(8-10-19)11-3-1-2-4-11/h5-6,11H,1-4,7-10H2,(H,20,21). The molecule has 3 rings (SSSR count). The molecule has 0 unspecified atom stereocenters. The van der Waals surface area contributed by atoms with Crippen LogP contribution in [0.1, 0.15) is 36.0 Å². The van der Waals surface area contributed by atoms with Crippen molar-refractivity contribution in [1.29, 1.82) is 0 Å². The normalized spacial score (nSPS) is 20.9. The number of carbonyl (C=O) groups is 1. The minimum Gasteiger partial charge on any atom is -0.478 e. The number of carboxylic acid groups (broad SMARTS) is 1. The van der Waals surface area contributed by atoms with Gasteiger partial charge in [0.2, 0.25) is 0 Å². The second kappa shape index (κ2) is 6.20. The highest BCUT2D eigenvalue weighted by Gasteiger charge is 2.28. The number of anilines is 1. The van der Waals surface area contributed by atoms with Crippen molar-refractivity contribution in [3.63, 3.8) is 0 Å². The molecular weight excluding hydrogens is 290 g/mol. The van der Waals surface area contributed by atoms with E-state index in [4.69, 9.17) is 11.6 Å². The van der Waals surface area contributed by atoms with Crippen molar-refractivity contribution in [3.05, 3.63) is 22.8 Å². The van der Waals surface area contributed by atoms with Gasteiger partial charge in [0, 0.05) is 32.2 Å². The van der Waals surface area contributed by atoms with E-state index in [0.717, 1.165) is 32.2 Å². The lowest BCUT2D eigenvalue weighted by Gasteiger charge is -2.38. The molecule has 0 aromatic carbocycles. The third kappa shape index (κ3) is 3.14. The second-order valence-corrected chi connectivity index (χ2v) is 6.16. The summed E-state index contributed by atoms with van der Waals surface area (Å²) in [5, 5.41) is 9.63. The van der Waals surface area contributed by atoms with Crippen LogP contribution in [-0.2, 0) is 0 Å². The number of hydrogen-bond acceptors (Lipinski definition) is 4. The molecule has 1 saturated heterocycles. The Hall–Kier alpha value is -1.33. The fraction of sp³-hybridized carbons (Fsp3) is 0.600. The van der Waals surface area contributed by atoms with Gasteiger partial charge in [-0.3, -0.25) is 4.90 Å². The van der Waals surface area contributed by atoms with Crippen LogP contribution < -0.4 is 4.90 Å². The number of hydrogen-bond donors (Lipinski definition) is 1. The van der Waals surface area contributed by atoms with Gasteiger partial charge in [-0.15, -0.1) is 0 Å². The molecule has 21 heavy (non-hydrogen) atoms. The first-order chi connectivity index (χ1) is 10.1. The van der Waals surface area contributed by atoms with Gasteiger partial charge in [-0.25, -0.2) is 9.78 Å². The highest BCUT2D eigenvalue weighted by molar-refractivity contribution is 6.29. The van der Waals surface area contributed by atoms with Gasteiger partial charge < -0.3 is 10.0 Å². The number of carboxylic acids is 1. The third-order valence-electron chi connectivity index (χ3n) is 4.53. The van der Waals surface area contributed by atoms with Crippen LogP contribution in [0.3, 0.4) is 0 Å². The maximum absolute atomic E-state index is 11.3. The molecule has 1 aromatic rings. The van der Waals surface area contributed by atoms with Gasteiger partial charge in [-0.05, 0) is 25.0 Å². The van der Waals surface area contributed by atoms with E-state index >= 15 is 0 Å². The van der Waals surface area contributed by atoms with Crippen LogP contribution in [0.2, 0.25) is 5.15 Å². The number of aromatic nitrogens is 1. The zero-order valence-electron chi connectivity index (χ0n) is 12.0. The SMILES string of the molecule is O=C(O)c1ccc(Cl)nc1N1CCN(C2CCCC2)CC1. The molecule has 0 spiro atoms. The molecule has 2 fully saturated rings. The fourth-order valence-corrected chi connectivity index (χ4v) is 3.54. The molecule has 1 aromatic heterocycles. The lowest BCUT2D eigenvalue weighted by molar-refractivity contribution is 0.0697. The predicted octanol–water partition coefficient (Wildman–Crippen LogP) is 2.50. The van der Waals surface area contributed by atoms with Crippen LogP contribution in [0.25, 0.3) is 0 Å². The summed E-state index contributed by atoms with van der Waals surface area (Å²) in [5.41, 5.74) is 0.230. The topological polar surface area (TPSA) is 56.7 Å². The molecule has 6 heteroatoms. The number of piperazine rings is 1. The van der Waals surface area contributed by atoms with Crippen LogP contribution in [0.15, 0.2) is 12.1 Å². The number of aromatic carboxylic acids is 1. The summed E-state index contributed by atoms with van der Waals surface area (Å²) in [6, 6.07) is 3.79. The molecule has 0 radical (unpaired) electrons. The average molecular weight is 310 g/mol. The van der Waals surface area contributed by atoms with Gasteiger partial charge in [0.15, 0.2) is 0 Å². The lowest BCUT2D eigenvalue weighted by atomic mass is 10.1. The van der Waals surface area contributed by atoms with Gasteiger partial charge in [0.25, 0.3) is 0 Å². The van der Waals surface area contributed by atoms with Crippen molar-refractivity contribution in [3.8, 4) is 0 Å². The summed E-state index contributed by atoms with van der Waals surface area (Å²) in [7, 11) is 0. The lowest BCUT2D eigenvalue weighted by Crippen LogP contribution is -2.50. The fourth-order valence-electron chi connectivity index (χ4n) is 3.40. The molecule has 5 nitrogen and oxygen atoms in total. The Morgan fingerprint density at radius 2 is 1.86 bits per heavy atom.